The van der Waals surface area contributed by atoms with Crippen LogP contribution >= 0.6 is 0 Å². The van der Waals surface area contributed by atoms with Crippen LogP contribution in [0.2, 0.25) is 0 Å². The number of esters is 1. The summed E-state index contributed by atoms with van der Waals surface area (Å²) in [5, 5.41) is 3.97. The van der Waals surface area contributed by atoms with Crippen molar-refractivity contribution >= 4 is 16.9 Å². The lowest BCUT2D eigenvalue weighted by atomic mass is 10.2. The maximum Gasteiger partial charge on any atom is 0.311 e. The maximum atomic E-state index is 13.0. The number of aromatic nitrogens is 1. The summed E-state index contributed by atoms with van der Waals surface area (Å²) in [7, 11) is 2.99. The quantitative estimate of drug-likeness (QED) is 0.284. The number of carbonyl (C=O) groups is 1. The van der Waals surface area contributed by atoms with Gasteiger partial charge in [-0.15, -0.1) is 0 Å². The molecule has 0 amide bonds. The molecule has 0 unspecified atom stereocenters. The lowest BCUT2D eigenvalue weighted by molar-refractivity contribution is -0.134. The number of ether oxygens (including phenoxy) is 4. The molecule has 170 valence electrons. The standard InChI is InChI=1S/C24H21NO8/c1-14-24(32-19-7-5-4-6-18(19)28-2)23(27)17-10-8-15(12-20(17)30-14)31-22(26)11-9-16-13-21(29-3)25-33-16/h4-8,10,12-13H,9,11H2,1-3H3. The molecular weight excluding hydrogens is 430 g/mol. The summed E-state index contributed by atoms with van der Waals surface area (Å²) in [6.07, 6.45) is 0.381. The topological polar surface area (TPSA) is 110 Å². The van der Waals surface area contributed by atoms with Crippen LogP contribution in [-0.2, 0) is 11.2 Å². The summed E-state index contributed by atoms with van der Waals surface area (Å²) >= 11 is 0. The number of benzene rings is 2. The Morgan fingerprint density at radius 3 is 2.55 bits per heavy atom. The van der Waals surface area contributed by atoms with E-state index in [1.54, 1.807) is 37.3 Å². The van der Waals surface area contributed by atoms with Crippen LogP contribution in [-0.4, -0.2) is 25.3 Å². The molecule has 0 spiro atoms. The number of carbonyl (C=O) groups excluding carboxylic acids is 1. The molecule has 4 rings (SSSR count). The van der Waals surface area contributed by atoms with Crippen LogP contribution in [0.15, 0.2) is 62.3 Å². The third-order valence-electron chi connectivity index (χ3n) is 4.82. The highest BCUT2D eigenvalue weighted by Crippen LogP contribution is 2.32. The van der Waals surface area contributed by atoms with Gasteiger partial charge in [-0.05, 0) is 36.3 Å². The number of methoxy groups -OCH3 is 2. The monoisotopic (exact) mass is 451 g/mol. The van der Waals surface area contributed by atoms with Gasteiger partial charge in [0.2, 0.25) is 11.2 Å². The zero-order valence-electron chi connectivity index (χ0n) is 18.2. The number of hydrogen-bond donors (Lipinski definition) is 0. The molecule has 0 fully saturated rings. The Morgan fingerprint density at radius 2 is 1.82 bits per heavy atom. The molecule has 33 heavy (non-hydrogen) atoms. The minimum atomic E-state index is -0.472. The molecule has 0 radical (unpaired) electrons. The molecule has 0 aliphatic carbocycles. The van der Waals surface area contributed by atoms with Gasteiger partial charge in [-0.2, -0.15) is 0 Å². The van der Waals surface area contributed by atoms with Crippen LogP contribution < -0.4 is 24.4 Å². The minimum Gasteiger partial charge on any atom is -0.493 e. The predicted molar refractivity (Wildman–Crippen MR) is 117 cm³/mol. The van der Waals surface area contributed by atoms with Crippen molar-refractivity contribution in [1.29, 1.82) is 0 Å². The molecule has 9 heteroatoms. The van der Waals surface area contributed by atoms with E-state index in [0.717, 1.165) is 0 Å². The fourth-order valence-electron chi connectivity index (χ4n) is 3.18. The van der Waals surface area contributed by atoms with Crippen LogP contribution in [0.4, 0.5) is 0 Å². The van der Waals surface area contributed by atoms with E-state index in [2.05, 4.69) is 5.16 Å². The molecule has 2 aromatic heterocycles. The van der Waals surface area contributed by atoms with Crippen LogP contribution in [0.3, 0.4) is 0 Å². The van der Waals surface area contributed by atoms with Gasteiger partial charge >= 0.3 is 5.97 Å². The molecule has 0 aliphatic rings. The van der Waals surface area contributed by atoms with Crippen molar-refractivity contribution in [3.8, 4) is 28.9 Å². The molecule has 0 bridgehead atoms. The highest BCUT2D eigenvalue weighted by atomic mass is 16.5. The lowest BCUT2D eigenvalue weighted by Crippen LogP contribution is -2.10. The van der Waals surface area contributed by atoms with E-state index >= 15 is 0 Å². The van der Waals surface area contributed by atoms with Crippen LogP contribution in [0, 0.1) is 6.92 Å². The van der Waals surface area contributed by atoms with Gasteiger partial charge < -0.3 is 27.9 Å². The van der Waals surface area contributed by atoms with Crippen LogP contribution in [0.1, 0.15) is 17.9 Å². The van der Waals surface area contributed by atoms with Crippen molar-refractivity contribution in [2.75, 3.05) is 14.2 Å². The number of rotatable bonds is 8. The van der Waals surface area contributed by atoms with E-state index in [1.807, 2.05) is 0 Å². The first-order chi connectivity index (χ1) is 16.0. The number of nitrogens with zero attached hydrogens (tertiary/aromatic N) is 1. The normalized spacial score (nSPS) is 10.8. The molecule has 2 aromatic carbocycles. The first-order valence-corrected chi connectivity index (χ1v) is 10.1. The molecule has 2 heterocycles. The van der Waals surface area contributed by atoms with Crippen molar-refractivity contribution < 1.29 is 32.7 Å². The van der Waals surface area contributed by atoms with Gasteiger partial charge in [-0.1, -0.05) is 12.1 Å². The Bertz CT molecular complexity index is 1350. The van der Waals surface area contributed by atoms with Gasteiger partial charge in [-0.3, -0.25) is 9.59 Å². The van der Waals surface area contributed by atoms with Gasteiger partial charge in [0, 0.05) is 18.6 Å². The highest BCUT2D eigenvalue weighted by molar-refractivity contribution is 5.81. The SMILES string of the molecule is COc1cc(CCC(=O)Oc2ccc3c(=O)c(Oc4ccccc4OC)c(C)oc3c2)on1. The lowest BCUT2D eigenvalue weighted by Gasteiger charge is -2.12. The van der Waals surface area contributed by atoms with E-state index in [-0.39, 0.29) is 34.7 Å². The largest absolute Gasteiger partial charge is 0.493 e. The Hall–Kier alpha value is -4.27. The van der Waals surface area contributed by atoms with E-state index in [4.69, 9.17) is 27.9 Å². The second-order valence-electron chi connectivity index (χ2n) is 7.04. The summed E-state index contributed by atoms with van der Waals surface area (Å²) in [6.45, 7) is 1.62. The summed E-state index contributed by atoms with van der Waals surface area (Å²) in [6, 6.07) is 13.1. The van der Waals surface area contributed by atoms with Gasteiger partial charge in [0.15, 0.2) is 11.5 Å². The number of aryl methyl sites for hydroxylation is 2. The number of fused-ring (bicyclic) bond motifs is 1. The molecule has 9 nitrogen and oxygen atoms in total. The van der Waals surface area contributed by atoms with Gasteiger partial charge in [0.25, 0.3) is 5.88 Å². The average molecular weight is 451 g/mol. The fourth-order valence-corrected chi connectivity index (χ4v) is 3.18. The van der Waals surface area contributed by atoms with Gasteiger partial charge in [-0.25, -0.2) is 0 Å². The molecule has 0 aliphatic heterocycles. The van der Waals surface area contributed by atoms with Crippen molar-refractivity contribution in [3.63, 3.8) is 0 Å². The maximum absolute atomic E-state index is 13.0. The summed E-state index contributed by atoms with van der Waals surface area (Å²) in [5.41, 5.74) is -0.0769. The Kier molecular flexibility index (Phi) is 6.30. The average Bonchev–Trinajstić information content (AvgIpc) is 3.29. The van der Waals surface area contributed by atoms with Crippen molar-refractivity contribution in [3.05, 3.63) is 70.3 Å². The summed E-state index contributed by atoms with van der Waals surface area (Å²) in [5.74, 6) is 1.84. The number of para-hydroxylation sites is 2. The first kappa shape index (κ1) is 21.9. The molecule has 0 atom stereocenters. The van der Waals surface area contributed by atoms with Crippen molar-refractivity contribution in [2.45, 2.75) is 19.8 Å². The van der Waals surface area contributed by atoms with Crippen molar-refractivity contribution in [1.82, 2.24) is 5.16 Å². The number of hydrogen-bond acceptors (Lipinski definition) is 9. The Labute approximate surface area is 188 Å². The van der Waals surface area contributed by atoms with Crippen molar-refractivity contribution in [2.24, 2.45) is 0 Å². The third-order valence-corrected chi connectivity index (χ3v) is 4.82. The van der Waals surface area contributed by atoms with E-state index in [0.29, 0.717) is 34.9 Å². The van der Waals surface area contributed by atoms with E-state index in [9.17, 15) is 9.59 Å². The predicted octanol–water partition coefficient (Wildman–Crippen LogP) is 4.44. The summed E-state index contributed by atoms with van der Waals surface area (Å²) in [4.78, 5) is 25.2. The Balaban J connectivity index is 1.51. The van der Waals surface area contributed by atoms with E-state index in [1.165, 1.54) is 32.4 Å². The highest BCUT2D eigenvalue weighted by Gasteiger charge is 2.17. The second-order valence-corrected chi connectivity index (χ2v) is 7.04. The molecule has 0 saturated carbocycles. The third kappa shape index (κ3) is 4.82. The zero-order chi connectivity index (χ0) is 23.4. The second kappa shape index (κ2) is 9.47. The van der Waals surface area contributed by atoms with Crippen LogP contribution in [0.5, 0.6) is 28.9 Å². The Morgan fingerprint density at radius 1 is 1.03 bits per heavy atom. The molecule has 4 aromatic rings. The fraction of sp³-hybridized carbons (Fsp3) is 0.208. The minimum absolute atomic E-state index is 0.0548. The first-order valence-electron chi connectivity index (χ1n) is 10.1. The summed E-state index contributed by atoms with van der Waals surface area (Å²) < 4.78 is 32.2. The van der Waals surface area contributed by atoms with Gasteiger partial charge in [0.1, 0.15) is 22.9 Å². The molecular formula is C24H21NO8. The molecule has 0 saturated heterocycles. The van der Waals surface area contributed by atoms with Gasteiger partial charge in [0.05, 0.1) is 26.0 Å². The molecule has 0 N–H and O–H groups in total. The van der Waals surface area contributed by atoms with E-state index < -0.39 is 5.97 Å². The smallest absolute Gasteiger partial charge is 0.311 e. The van der Waals surface area contributed by atoms with Crippen LogP contribution in [0.25, 0.3) is 11.0 Å². The zero-order valence-corrected chi connectivity index (χ0v) is 18.2.